The van der Waals surface area contributed by atoms with Gasteiger partial charge in [0.25, 0.3) is 0 Å². The fourth-order valence-electron chi connectivity index (χ4n) is 2.36. The summed E-state index contributed by atoms with van der Waals surface area (Å²) in [7, 11) is 0. The minimum atomic E-state index is -0.0992. The molecule has 0 radical (unpaired) electrons. The van der Waals surface area contributed by atoms with Gasteiger partial charge in [-0.05, 0) is 11.1 Å². The summed E-state index contributed by atoms with van der Waals surface area (Å²) in [4.78, 5) is 17.4. The van der Waals surface area contributed by atoms with Crippen LogP contribution in [-0.4, -0.2) is 17.4 Å². The van der Waals surface area contributed by atoms with E-state index in [0.29, 0.717) is 13.1 Å². The zero-order chi connectivity index (χ0) is 13.1. The summed E-state index contributed by atoms with van der Waals surface area (Å²) in [6, 6.07) is 8.13. The molecule has 0 bridgehead atoms. The molecule has 3 rings (SSSR count). The Kier molecular flexibility index (Phi) is 3.57. The molecule has 1 aliphatic heterocycles. The minimum absolute atomic E-state index is 0.0769. The number of nitrogens with one attached hydrogen (secondary N) is 2. The van der Waals surface area contributed by atoms with E-state index in [9.17, 15) is 4.79 Å². The summed E-state index contributed by atoms with van der Waals surface area (Å²) in [5.41, 5.74) is 4.13. The SMILES string of the molecule is O=C(NCc1cncs1)C1CNCc2ccccc21. The van der Waals surface area contributed by atoms with Crippen molar-refractivity contribution in [2.24, 2.45) is 0 Å². The third-order valence-electron chi connectivity index (χ3n) is 3.33. The van der Waals surface area contributed by atoms with Crippen molar-refractivity contribution < 1.29 is 4.79 Å². The molecule has 5 heteroatoms. The van der Waals surface area contributed by atoms with Gasteiger partial charge in [-0.3, -0.25) is 9.78 Å². The summed E-state index contributed by atoms with van der Waals surface area (Å²) < 4.78 is 0. The maximum absolute atomic E-state index is 12.3. The van der Waals surface area contributed by atoms with E-state index in [2.05, 4.69) is 21.7 Å². The Bertz CT molecular complexity index is 568. The van der Waals surface area contributed by atoms with Crippen LogP contribution in [0.5, 0.6) is 0 Å². The predicted octanol–water partition coefficient (Wildman–Crippen LogP) is 1.65. The second kappa shape index (κ2) is 5.50. The Morgan fingerprint density at radius 3 is 3.21 bits per heavy atom. The van der Waals surface area contributed by atoms with Gasteiger partial charge in [0.2, 0.25) is 5.91 Å². The fourth-order valence-corrected chi connectivity index (χ4v) is 2.89. The van der Waals surface area contributed by atoms with E-state index in [1.165, 1.54) is 5.56 Å². The largest absolute Gasteiger partial charge is 0.351 e. The average molecular weight is 273 g/mol. The summed E-state index contributed by atoms with van der Waals surface area (Å²) in [6.07, 6.45) is 1.79. The summed E-state index contributed by atoms with van der Waals surface area (Å²) in [5, 5.41) is 6.28. The number of fused-ring (bicyclic) bond motifs is 1. The van der Waals surface area contributed by atoms with Gasteiger partial charge in [0.05, 0.1) is 18.0 Å². The normalized spacial score (nSPS) is 17.8. The highest BCUT2D eigenvalue weighted by Gasteiger charge is 2.25. The van der Waals surface area contributed by atoms with E-state index in [1.807, 2.05) is 18.2 Å². The number of hydrogen-bond donors (Lipinski definition) is 2. The second-order valence-electron chi connectivity index (χ2n) is 4.57. The van der Waals surface area contributed by atoms with Crippen molar-refractivity contribution in [3.8, 4) is 0 Å². The zero-order valence-electron chi connectivity index (χ0n) is 10.4. The van der Waals surface area contributed by atoms with Gasteiger partial charge in [0.15, 0.2) is 0 Å². The van der Waals surface area contributed by atoms with E-state index in [0.717, 1.165) is 17.0 Å². The summed E-state index contributed by atoms with van der Waals surface area (Å²) in [5.74, 6) is -0.0223. The second-order valence-corrected chi connectivity index (χ2v) is 5.54. The predicted molar refractivity (Wildman–Crippen MR) is 74.9 cm³/mol. The third kappa shape index (κ3) is 2.67. The number of nitrogens with zero attached hydrogens (tertiary/aromatic N) is 1. The quantitative estimate of drug-likeness (QED) is 0.894. The average Bonchev–Trinajstić information content (AvgIpc) is 2.97. The Morgan fingerprint density at radius 1 is 1.47 bits per heavy atom. The number of carbonyl (C=O) groups is 1. The smallest absolute Gasteiger partial charge is 0.229 e. The molecule has 98 valence electrons. The molecule has 1 aliphatic rings. The van der Waals surface area contributed by atoms with Crippen LogP contribution in [0.1, 0.15) is 21.9 Å². The lowest BCUT2D eigenvalue weighted by Crippen LogP contribution is -2.38. The lowest BCUT2D eigenvalue weighted by Gasteiger charge is -2.25. The van der Waals surface area contributed by atoms with Crippen LogP contribution in [0.3, 0.4) is 0 Å². The maximum Gasteiger partial charge on any atom is 0.229 e. The lowest BCUT2D eigenvalue weighted by atomic mass is 9.90. The van der Waals surface area contributed by atoms with Crippen LogP contribution < -0.4 is 10.6 Å². The van der Waals surface area contributed by atoms with Gasteiger partial charge in [0, 0.05) is 24.2 Å². The highest BCUT2D eigenvalue weighted by Crippen LogP contribution is 2.23. The molecule has 1 unspecified atom stereocenters. The first-order valence-corrected chi connectivity index (χ1v) is 7.16. The van der Waals surface area contributed by atoms with Crippen molar-refractivity contribution in [2.75, 3.05) is 6.54 Å². The third-order valence-corrected chi connectivity index (χ3v) is 4.11. The van der Waals surface area contributed by atoms with Crippen molar-refractivity contribution in [1.82, 2.24) is 15.6 Å². The van der Waals surface area contributed by atoms with E-state index in [-0.39, 0.29) is 11.8 Å². The molecule has 4 nitrogen and oxygen atoms in total. The van der Waals surface area contributed by atoms with Gasteiger partial charge >= 0.3 is 0 Å². The van der Waals surface area contributed by atoms with Crippen molar-refractivity contribution in [1.29, 1.82) is 0 Å². The van der Waals surface area contributed by atoms with Crippen molar-refractivity contribution in [3.05, 3.63) is 52.0 Å². The molecule has 2 N–H and O–H groups in total. The van der Waals surface area contributed by atoms with Crippen molar-refractivity contribution in [2.45, 2.75) is 19.0 Å². The number of aromatic nitrogens is 1. The first-order chi connectivity index (χ1) is 9.34. The number of carbonyl (C=O) groups excluding carboxylic acids is 1. The van der Waals surface area contributed by atoms with Gasteiger partial charge in [-0.1, -0.05) is 24.3 Å². The van der Waals surface area contributed by atoms with E-state index < -0.39 is 0 Å². The molecule has 1 amide bonds. The first-order valence-electron chi connectivity index (χ1n) is 6.28. The van der Waals surface area contributed by atoms with Crippen molar-refractivity contribution in [3.63, 3.8) is 0 Å². The number of thiazole rings is 1. The van der Waals surface area contributed by atoms with Crippen molar-refractivity contribution >= 4 is 17.2 Å². The van der Waals surface area contributed by atoms with E-state index >= 15 is 0 Å². The van der Waals surface area contributed by atoms with Crippen LogP contribution in [0.4, 0.5) is 0 Å². The summed E-state index contributed by atoms with van der Waals surface area (Å²) in [6.45, 7) is 2.10. The molecule has 0 aliphatic carbocycles. The van der Waals surface area contributed by atoms with Gasteiger partial charge in [-0.2, -0.15) is 0 Å². The van der Waals surface area contributed by atoms with Crippen LogP contribution in [-0.2, 0) is 17.9 Å². The van der Waals surface area contributed by atoms with Gasteiger partial charge in [-0.25, -0.2) is 0 Å². The van der Waals surface area contributed by atoms with Crippen LogP contribution in [0, 0.1) is 0 Å². The van der Waals surface area contributed by atoms with Gasteiger partial charge < -0.3 is 10.6 Å². The molecule has 0 spiro atoms. The Labute approximate surface area is 115 Å². The monoisotopic (exact) mass is 273 g/mol. The molecule has 19 heavy (non-hydrogen) atoms. The lowest BCUT2D eigenvalue weighted by molar-refractivity contribution is -0.122. The molecule has 1 atom stereocenters. The fraction of sp³-hybridized carbons (Fsp3) is 0.286. The number of rotatable bonds is 3. The summed E-state index contributed by atoms with van der Waals surface area (Å²) >= 11 is 1.56. The minimum Gasteiger partial charge on any atom is -0.351 e. The van der Waals surface area contributed by atoms with E-state index in [1.54, 1.807) is 23.0 Å². The highest BCUT2D eigenvalue weighted by atomic mass is 32.1. The van der Waals surface area contributed by atoms with Gasteiger partial charge in [0.1, 0.15) is 0 Å². The number of hydrogen-bond acceptors (Lipinski definition) is 4. The van der Waals surface area contributed by atoms with Crippen LogP contribution >= 0.6 is 11.3 Å². The zero-order valence-corrected chi connectivity index (χ0v) is 11.2. The van der Waals surface area contributed by atoms with Crippen LogP contribution in [0.15, 0.2) is 36.0 Å². The number of benzene rings is 1. The molecule has 0 fully saturated rings. The van der Waals surface area contributed by atoms with Crippen LogP contribution in [0.2, 0.25) is 0 Å². The molecule has 0 saturated carbocycles. The molecule has 1 aromatic carbocycles. The number of amides is 1. The molecule has 2 heterocycles. The topological polar surface area (TPSA) is 54.0 Å². The first kappa shape index (κ1) is 12.3. The Hall–Kier alpha value is -1.72. The van der Waals surface area contributed by atoms with E-state index in [4.69, 9.17) is 0 Å². The molecular weight excluding hydrogens is 258 g/mol. The Morgan fingerprint density at radius 2 is 2.37 bits per heavy atom. The Balaban J connectivity index is 1.71. The standard InChI is InChI=1S/C14H15N3OS/c18-14(17-7-11-6-16-9-19-11)13-8-15-5-10-3-1-2-4-12(10)13/h1-4,6,9,13,15H,5,7-8H2,(H,17,18). The van der Waals surface area contributed by atoms with Crippen LogP contribution in [0.25, 0.3) is 0 Å². The molecule has 1 aromatic heterocycles. The molecule has 2 aromatic rings. The maximum atomic E-state index is 12.3. The molecular formula is C14H15N3OS. The highest BCUT2D eigenvalue weighted by molar-refractivity contribution is 7.09. The molecule has 0 saturated heterocycles. The van der Waals surface area contributed by atoms with Gasteiger partial charge in [-0.15, -0.1) is 11.3 Å².